The van der Waals surface area contributed by atoms with Gasteiger partial charge in [-0.15, -0.1) is 0 Å². The third-order valence-electron chi connectivity index (χ3n) is 2.34. The van der Waals surface area contributed by atoms with E-state index in [-0.39, 0.29) is 0 Å². The lowest BCUT2D eigenvalue weighted by atomic mass is 10.2. The predicted molar refractivity (Wildman–Crippen MR) is 60.4 cm³/mol. The third kappa shape index (κ3) is 5.67. The summed E-state index contributed by atoms with van der Waals surface area (Å²) in [5.41, 5.74) is 0. The van der Waals surface area contributed by atoms with Crippen molar-refractivity contribution in [3.05, 3.63) is 0 Å². The van der Waals surface area contributed by atoms with Gasteiger partial charge in [0.2, 0.25) is 0 Å². The van der Waals surface area contributed by atoms with E-state index in [1.807, 2.05) is 7.05 Å². The summed E-state index contributed by atoms with van der Waals surface area (Å²) in [6.07, 6.45) is 5.08. The van der Waals surface area contributed by atoms with Crippen LogP contribution < -0.4 is 0 Å². The van der Waals surface area contributed by atoms with Crippen molar-refractivity contribution >= 4 is 5.84 Å². The minimum absolute atomic E-state index is 1.17. The first-order valence-electron chi connectivity index (χ1n) is 5.44. The Labute approximate surface area is 83.0 Å². The average Bonchev–Trinajstić information content (AvgIpc) is 2.17. The number of rotatable bonds is 6. The van der Waals surface area contributed by atoms with Crippen LogP contribution in [0.4, 0.5) is 0 Å². The van der Waals surface area contributed by atoms with Crippen LogP contribution in [0.25, 0.3) is 0 Å². The molecule has 0 aromatic rings. The van der Waals surface area contributed by atoms with Gasteiger partial charge in [-0.1, -0.05) is 26.7 Å². The second-order valence-electron chi connectivity index (χ2n) is 3.46. The Kier molecular flexibility index (Phi) is 7.76. The summed E-state index contributed by atoms with van der Waals surface area (Å²) in [5, 5.41) is 0. The van der Waals surface area contributed by atoms with Crippen molar-refractivity contribution in [2.24, 2.45) is 4.99 Å². The van der Waals surface area contributed by atoms with Crippen molar-refractivity contribution in [1.29, 1.82) is 0 Å². The highest BCUT2D eigenvalue weighted by Gasteiger charge is 2.03. The highest BCUT2D eigenvalue weighted by atomic mass is 15.2. The molecule has 0 spiro atoms. The summed E-state index contributed by atoms with van der Waals surface area (Å²) >= 11 is 0. The predicted octanol–water partition coefficient (Wildman–Crippen LogP) is 2.94. The zero-order valence-electron chi connectivity index (χ0n) is 9.64. The number of aliphatic imine (C=N–C) groups is 1. The standard InChI is InChI=1S/C11H24N2/c1-5-7-9-13(10-8-6-2)11(3)12-4/h5-10H2,1-4H3. The van der Waals surface area contributed by atoms with Crippen LogP contribution >= 0.6 is 0 Å². The molecule has 0 unspecified atom stereocenters. The van der Waals surface area contributed by atoms with E-state index in [1.165, 1.54) is 44.6 Å². The van der Waals surface area contributed by atoms with Crippen LogP contribution in [0.3, 0.4) is 0 Å². The van der Waals surface area contributed by atoms with Gasteiger partial charge in [0, 0.05) is 20.1 Å². The van der Waals surface area contributed by atoms with Gasteiger partial charge in [0.25, 0.3) is 0 Å². The molecule has 13 heavy (non-hydrogen) atoms. The molecular formula is C11H24N2. The second-order valence-corrected chi connectivity index (χ2v) is 3.46. The van der Waals surface area contributed by atoms with Crippen molar-refractivity contribution in [2.75, 3.05) is 20.1 Å². The van der Waals surface area contributed by atoms with E-state index in [0.717, 1.165) is 0 Å². The fourth-order valence-electron chi connectivity index (χ4n) is 1.27. The molecule has 0 atom stereocenters. The molecule has 0 saturated heterocycles. The summed E-state index contributed by atoms with van der Waals surface area (Å²) in [4.78, 5) is 6.63. The molecule has 0 aliphatic rings. The summed E-state index contributed by atoms with van der Waals surface area (Å²) in [6.45, 7) is 8.90. The van der Waals surface area contributed by atoms with Gasteiger partial charge in [0.1, 0.15) is 0 Å². The Morgan fingerprint density at radius 2 is 1.54 bits per heavy atom. The lowest BCUT2D eigenvalue weighted by molar-refractivity contribution is 0.396. The minimum Gasteiger partial charge on any atom is -0.361 e. The van der Waals surface area contributed by atoms with Crippen molar-refractivity contribution in [3.8, 4) is 0 Å². The molecule has 0 rings (SSSR count). The van der Waals surface area contributed by atoms with Crippen molar-refractivity contribution in [2.45, 2.75) is 46.5 Å². The van der Waals surface area contributed by atoms with Crippen molar-refractivity contribution in [1.82, 2.24) is 4.90 Å². The fraction of sp³-hybridized carbons (Fsp3) is 0.909. The number of amidine groups is 1. The van der Waals surface area contributed by atoms with Crippen molar-refractivity contribution < 1.29 is 0 Å². The number of hydrogen-bond acceptors (Lipinski definition) is 1. The third-order valence-corrected chi connectivity index (χ3v) is 2.34. The molecule has 0 fully saturated rings. The van der Waals surface area contributed by atoms with Gasteiger partial charge in [-0.25, -0.2) is 0 Å². The van der Waals surface area contributed by atoms with Gasteiger partial charge in [0.05, 0.1) is 5.84 Å². The molecule has 78 valence electrons. The average molecular weight is 184 g/mol. The van der Waals surface area contributed by atoms with E-state index < -0.39 is 0 Å². The maximum atomic E-state index is 4.24. The Bertz CT molecular complexity index is 133. The SMILES string of the molecule is CCCCN(CCCC)C(C)=NC. The van der Waals surface area contributed by atoms with E-state index in [1.54, 1.807) is 0 Å². The molecule has 0 aromatic heterocycles. The summed E-state index contributed by atoms with van der Waals surface area (Å²) < 4.78 is 0. The number of nitrogens with zero attached hydrogens (tertiary/aromatic N) is 2. The first kappa shape index (κ1) is 12.5. The zero-order chi connectivity index (χ0) is 10.1. The molecule has 0 radical (unpaired) electrons. The van der Waals surface area contributed by atoms with E-state index in [0.29, 0.717) is 0 Å². The van der Waals surface area contributed by atoms with Gasteiger partial charge in [-0.05, 0) is 19.8 Å². The Morgan fingerprint density at radius 1 is 1.08 bits per heavy atom. The van der Waals surface area contributed by atoms with E-state index >= 15 is 0 Å². The van der Waals surface area contributed by atoms with Crippen LogP contribution in [0.1, 0.15) is 46.5 Å². The fourth-order valence-corrected chi connectivity index (χ4v) is 1.27. The first-order chi connectivity index (χ1) is 6.26. The van der Waals surface area contributed by atoms with Gasteiger partial charge >= 0.3 is 0 Å². The van der Waals surface area contributed by atoms with Gasteiger partial charge in [0.15, 0.2) is 0 Å². The largest absolute Gasteiger partial charge is 0.361 e. The van der Waals surface area contributed by atoms with Crippen LogP contribution in [0, 0.1) is 0 Å². The highest BCUT2D eigenvalue weighted by Crippen LogP contribution is 2.00. The van der Waals surface area contributed by atoms with Gasteiger partial charge < -0.3 is 4.90 Å². The molecule has 0 N–H and O–H groups in total. The van der Waals surface area contributed by atoms with Gasteiger partial charge in [-0.3, -0.25) is 4.99 Å². The molecule has 0 amide bonds. The molecule has 0 aliphatic carbocycles. The first-order valence-corrected chi connectivity index (χ1v) is 5.44. The van der Waals surface area contributed by atoms with Crippen LogP contribution in [0.5, 0.6) is 0 Å². The summed E-state index contributed by atoms with van der Waals surface area (Å²) in [5.74, 6) is 1.18. The second kappa shape index (κ2) is 8.09. The van der Waals surface area contributed by atoms with Gasteiger partial charge in [-0.2, -0.15) is 0 Å². The molecule has 2 heteroatoms. The van der Waals surface area contributed by atoms with E-state index in [4.69, 9.17) is 0 Å². The molecular weight excluding hydrogens is 160 g/mol. The molecule has 0 aliphatic heterocycles. The molecule has 0 saturated carbocycles. The summed E-state index contributed by atoms with van der Waals surface area (Å²) in [6, 6.07) is 0. The highest BCUT2D eigenvalue weighted by molar-refractivity contribution is 5.79. The van der Waals surface area contributed by atoms with Crippen LogP contribution in [-0.2, 0) is 0 Å². The Hall–Kier alpha value is -0.530. The number of unbranched alkanes of at least 4 members (excludes halogenated alkanes) is 2. The maximum absolute atomic E-state index is 4.24. The van der Waals surface area contributed by atoms with Crippen molar-refractivity contribution in [3.63, 3.8) is 0 Å². The maximum Gasteiger partial charge on any atom is 0.0954 e. The molecule has 0 bridgehead atoms. The number of hydrogen-bond donors (Lipinski definition) is 0. The van der Waals surface area contributed by atoms with Crippen LogP contribution in [0.15, 0.2) is 4.99 Å². The lowest BCUT2D eigenvalue weighted by Crippen LogP contribution is -2.30. The van der Waals surface area contributed by atoms with E-state index in [9.17, 15) is 0 Å². The topological polar surface area (TPSA) is 15.6 Å². The molecule has 0 heterocycles. The molecule has 2 nitrogen and oxygen atoms in total. The Morgan fingerprint density at radius 3 is 1.85 bits per heavy atom. The van der Waals surface area contributed by atoms with Crippen LogP contribution in [-0.4, -0.2) is 30.9 Å². The lowest BCUT2D eigenvalue weighted by Gasteiger charge is -2.23. The van der Waals surface area contributed by atoms with E-state index in [2.05, 4.69) is 30.7 Å². The smallest absolute Gasteiger partial charge is 0.0954 e. The normalized spacial score (nSPS) is 11.8. The van der Waals surface area contributed by atoms with Crippen LogP contribution in [0.2, 0.25) is 0 Å². The minimum atomic E-state index is 1.17. The Balaban J connectivity index is 3.87. The summed E-state index contributed by atoms with van der Waals surface area (Å²) in [7, 11) is 1.88. The zero-order valence-corrected chi connectivity index (χ0v) is 9.64. The molecule has 0 aromatic carbocycles. The quantitative estimate of drug-likeness (QED) is 0.458. The monoisotopic (exact) mass is 184 g/mol.